The molecule has 1 saturated heterocycles. The summed E-state index contributed by atoms with van der Waals surface area (Å²) in [4.78, 5) is 75.7. The van der Waals surface area contributed by atoms with Crippen LogP contribution < -0.4 is 16.1 Å². The third kappa shape index (κ3) is 15.2. The van der Waals surface area contributed by atoms with Gasteiger partial charge in [0, 0.05) is 31.7 Å². The molecule has 0 aliphatic carbocycles. The van der Waals surface area contributed by atoms with Gasteiger partial charge in [0.2, 0.25) is 11.8 Å². The molecule has 3 amide bonds. The van der Waals surface area contributed by atoms with Crippen molar-refractivity contribution in [3.63, 3.8) is 0 Å². The number of aliphatic hydroxyl groups is 2. The number of aldehydes is 1. The molecule has 0 saturated carbocycles. The molecule has 294 valence electrons. The van der Waals surface area contributed by atoms with Crippen molar-refractivity contribution in [3.05, 3.63) is 54.1 Å². The van der Waals surface area contributed by atoms with Crippen molar-refractivity contribution in [1.29, 1.82) is 0 Å². The molecule has 14 nitrogen and oxygen atoms in total. The number of hydrogen-bond acceptors (Lipinski definition) is 10. The lowest BCUT2D eigenvalue weighted by molar-refractivity contribution is -0.148. The molecule has 1 aliphatic rings. The van der Waals surface area contributed by atoms with Crippen molar-refractivity contribution in [2.75, 3.05) is 6.54 Å². The van der Waals surface area contributed by atoms with Gasteiger partial charge in [-0.05, 0) is 68.6 Å². The van der Waals surface area contributed by atoms with E-state index in [1.165, 1.54) is 30.1 Å². The number of Topliss-reactive ketones (excluding diaryl/α,β-unsaturated/α-hetero) is 1. The maximum absolute atomic E-state index is 13.9. The Bertz CT molecular complexity index is 1450. The fraction of sp³-hybridized carbons (Fsp3) is 0.590. The van der Waals surface area contributed by atoms with E-state index >= 15 is 0 Å². The predicted molar refractivity (Wildman–Crippen MR) is 198 cm³/mol. The van der Waals surface area contributed by atoms with Gasteiger partial charge in [0.05, 0.1) is 18.1 Å². The number of phenols is 1. The Kier molecular flexibility index (Phi) is 19.1. The topological polar surface area (TPSA) is 223 Å². The second-order valence-corrected chi connectivity index (χ2v) is 14.4. The largest absolute Gasteiger partial charge is 0.508 e. The van der Waals surface area contributed by atoms with Crippen molar-refractivity contribution in [2.24, 2.45) is 23.7 Å². The highest BCUT2D eigenvalue weighted by Gasteiger charge is 2.38. The van der Waals surface area contributed by atoms with Crippen LogP contribution in [-0.4, -0.2) is 98.1 Å². The van der Waals surface area contributed by atoms with Gasteiger partial charge in [-0.2, -0.15) is 0 Å². The minimum atomic E-state index is -1.40. The molecule has 8 atom stereocenters. The molecule has 1 fully saturated rings. The molecule has 2 rings (SSSR count). The monoisotopic (exact) mass is 742 g/mol. The van der Waals surface area contributed by atoms with Gasteiger partial charge in [0.1, 0.15) is 35.9 Å². The molecule has 0 bridgehead atoms. The highest BCUT2D eigenvalue weighted by molar-refractivity contribution is 5.93. The van der Waals surface area contributed by atoms with Crippen LogP contribution in [0, 0.1) is 23.7 Å². The van der Waals surface area contributed by atoms with Gasteiger partial charge in [-0.15, -0.1) is 0 Å². The Morgan fingerprint density at radius 2 is 1.74 bits per heavy atom. The molecular formula is C39H58N4O10. The number of ketones is 1. The van der Waals surface area contributed by atoms with Crippen LogP contribution in [-0.2, 0) is 35.2 Å². The van der Waals surface area contributed by atoms with E-state index in [0.717, 1.165) is 19.1 Å². The van der Waals surface area contributed by atoms with E-state index in [-0.39, 0.29) is 43.3 Å². The van der Waals surface area contributed by atoms with Crippen LogP contribution in [0.4, 0.5) is 0 Å². The lowest BCUT2D eigenvalue weighted by atomic mass is 9.84. The number of rotatable bonds is 22. The number of nitrogens with one attached hydrogen (secondary N) is 3. The number of carbonyl (C=O) groups is 6. The molecule has 0 spiro atoms. The van der Waals surface area contributed by atoms with E-state index in [4.69, 9.17) is 0 Å². The smallest absolute Gasteiger partial charge is 0.322 e. The number of phenolic OH excluding ortho intramolecular Hbond substituents is 1. The molecule has 1 aromatic rings. The lowest BCUT2D eigenvalue weighted by Gasteiger charge is -2.35. The first-order valence-corrected chi connectivity index (χ1v) is 18.4. The van der Waals surface area contributed by atoms with Gasteiger partial charge in [-0.3, -0.25) is 24.2 Å². The molecule has 0 radical (unpaired) electrons. The molecule has 14 heteroatoms. The van der Waals surface area contributed by atoms with E-state index in [1.807, 2.05) is 13.0 Å². The van der Waals surface area contributed by atoms with Crippen LogP contribution in [0.3, 0.4) is 0 Å². The van der Waals surface area contributed by atoms with Gasteiger partial charge < -0.3 is 40.6 Å². The van der Waals surface area contributed by atoms with Crippen LogP contribution in [0.2, 0.25) is 0 Å². The summed E-state index contributed by atoms with van der Waals surface area (Å²) in [6, 6.07) is 2.76. The summed E-state index contributed by atoms with van der Waals surface area (Å²) < 4.78 is 0. The Labute approximate surface area is 312 Å². The summed E-state index contributed by atoms with van der Waals surface area (Å²) in [7, 11) is 0. The summed E-state index contributed by atoms with van der Waals surface area (Å²) >= 11 is 0. The molecule has 1 aromatic carbocycles. The Balaban J connectivity index is 2.25. The Morgan fingerprint density at radius 3 is 2.36 bits per heavy atom. The number of hydrazine groups is 1. The van der Waals surface area contributed by atoms with Gasteiger partial charge >= 0.3 is 5.97 Å². The number of allylic oxidation sites excluding steroid dienone is 3. The maximum atomic E-state index is 13.9. The van der Waals surface area contributed by atoms with Crippen molar-refractivity contribution in [2.45, 2.75) is 116 Å². The maximum Gasteiger partial charge on any atom is 0.322 e. The van der Waals surface area contributed by atoms with E-state index in [2.05, 4.69) is 16.1 Å². The van der Waals surface area contributed by atoms with Crippen LogP contribution in [0.25, 0.3) is 0 Å². The standard InChI is InChI=1S/C39H58N4O10/c1-24(2)34(37(50)40-32(23-28-13-10-14-29(46)22-28)38(51)43-20-11-15-31(42-43)39(52)53)41-36(49)30(18-17-26(4)45)35(48)27(5)33(47)16-9-7-6-8-12-25(3)19-21-44/h6-7,9-10,13-14,16,21-22,24-25,27,30-35,42,46-48H,8,11-12,15,17-20,23H2,1-5H3,(H,40,50)(H,41,49)(H,52,53)/b7-6+,16-9+. The highest BCUT2D eigenvalue weighted by Crippen LogP contribution is 2.24. The van der Waals surface area contributed by atoms with Crippen molar-refractivity contribution in [3.8, 4) is 5.75 Å². The molecule has 1 aliphatic heterocycles. The Hall–Kier alpha value is -4.40. The average molecular weight is 743 g/mol. The fourth-order valence-electron chi connectivity index (χ4n) is 6.06. The van der Waals surface area contributed by atoms with Crippen molar-refractivity contribution in [1.82, 2.24) is 21.1 Å². The summed E-state index contributed by atoms with van der Waals surface area (Å²) in [5.74, 6) is -5.64. The quantitative estimate of drug-likeness (QED) is 0.0676. The Morgan fingerprint density at radius 1 is 1.02 bits per heavy atom. The van der Waals surface area contributed by atoms with E-state index in [9.17, 15) is 49.2 Å². The lowest BCUT2D eigenvalue weighted by Crippen LogP contribution is -2.62. The second kappa shape index (κ2) is 22.6. The number of benzene rings is 1. The van der Waals surface area contributed by atoms with Crippen molar-refractivity contribution >= 4 is 35.8 Å². The SMILES string of the molecule is CC(=O)CCC(C(=O)NC(C(=O)NC(Cc1cccc(O)c1)C(=O)N1CCCC(C(=O)O)N1)C(C)C)C(O)C(C)C(O)/C=C/C=C/CCC(C)CC=O. The van der Waals surface area contributed by atoms with E-state index < -0.39 is 71.8 Å². The second-order valence-electron chi connectivity index (χ2n) is 14.4. The third-order valence-electron chi connectivity index (χ3n) is 9.48. The zero-order valence-corrected chi connectivity index (χ0v) is 31.4. The summed E-state index contributed by atoms with van der Waals surface area (Å²) in [5.41, 5.74) is 3.23. The van der Waals surface area contributed by atoms with E-state index in [1.54, 1.807) is 45.1 Å². The summed E-state index contributed by atoms with van der Waals surface area (Å²) in [6.45, 7) is 8.50. The predicted octanol–water partition coefficient (Wildman–Crippen LogP) is 2.60. The number of aliphatic hydroxyl groups excluding tert-OH is 2. The molecule has 8 unspecified atom stereocenters. The third-order valence-corrected chi connectivity index (χ3v) is 9.48. The number of carboxylic acid groups (broad SMARTS) is 1. The summed E-state index contributed by atoms with van der Waals surface area (Å²) in [6.07, 6.45) is 7.82. The molecule has 53 heavy (non-hydrogen) atoms. The van der Waals surface area contributed by atoms with Gasteiger partial charge in [0.15, 0.2) is 0 Å². The molecule has 7 N–H and O–H groups in total. The van der Waals surface area contributed by atoms with Crippen LogP contribution in [0.5, 0.6) is 5.75 Å². The first kappa shape index (κ1) is 44.8. The number of aromatic hydroxyl groups is 1. The summed E-state index contributed by atoms with van der Waals surface area (Å²) in [5, 5.41) is 48.3. The van der Waals surface area contributed by atoms with Crippen LogP contribution in [0.1, 0.15) is 85.1 Å². The number of hydrogen-bond donors (Lipinski definition) is 7. The zero-order chi connectivity index (χ0) is 39.7. The number of carbonyl (C=O) groups excluding carboxylic acids is 5. The van der Waals surface area contributed by atoms with E-state index in [0.29, 0.717) is 24.8 Å². The molecule has 0 aromatic heterocycles. The normalized spacial score (nSPS) is 18.9. The van der Waals surface area contributed by atoms with Crippen LogP contribution >= 0.6 is 0 Å². The highest BCUT2D eigenvalue weighted by atomic mass is 16.4. The minimum absolute atomic E-state index is 0.0295. The van der Waals surface area contributed by atoms with Crippen LogP contribution in [0.15, 0.2) is 48.6 Å². The van der Waals surface area contributed by atoms with Gasteiger partial charge in [-0.1, -0.05) is 64.1 Å². The van der Waals surface area contributed by atoms with Crippen molar-refractivity contribution < 1.29 is 49.2 Å². The zero-order valence-electron chi connectivity index (χ0n) is 31.4. The molecular weight excluding hydrogens is 684 g/mol. The first-order chi connectivity index (χ1) is 25.0. The average Bonchev–Trinajstić information content (AvgIpc) is 3.10. The molecule has 1 heterocycles. The number of nitrogens with zero attached hydrogens (tertiary/aromatic N) is 1. The minimum Gasteiger partial charge on any atom is -0.508 e. The van der Waals surface area contributed by atoms with Gasteiger partial charge in [-0.25, -0.2) is 5.43 Å². The number of aliphatic carboxylic acids is 1. The van der Waals surface area contributed by atoms with Gasteiger partial charge in [0.25, 0.3) is 5.91 Å². The fourth-order valence-corrected chi connectivity index (χ4v) is 6.06. The number of amides is 3. The number of carboxylic acids is 1. The first-order valence-electron chi connectivity index (χ1n) is 18.4.